The first kappa shape index (κ1) is 15.8. The summed E-state index contributed by atoms with van der Waals surface area (Å²) in [6.45, 7) is 6.04. The molecule has 0 heterocycles. The first-order valence-electron chi connectivity index (χ1n) is 8.90. The third-order valence-electron chi connectivity index (χ3n) is 7.45. The number of rotatable bonds is 1. The number of carbonyl (C=O) groups is 2. The number of Topliss-reactive ketones (excluding diaryl/α,β-unsaturated/α-hetero) is 1. The number of halogens is 1. The van der Waals surface area contributed by atoms with Gasteiger partial charge in [0.1, 0.15) is 0 Å². The summed E-state index contributed by atoms with van der Waals surface area (Å²) < 4.78 is 14.3. The molecule has 24 heavy (non-hydrogen) atoms. The zero-order chi connectivity index (χ0) is 17.3. The fourth-order valence-corrected chi connectivity index (χ4v) is 6.21. The highest BCUT2D eigenvalue weighted by atomic mass is 19.1. The molecule has 3 saturated carbocycles. The number of alkyl halides is 1. The van der Waals surface area contributed by atoms with Crippen molar-refractivity contribution in [2.75, 3.05) is 0 Å². The van der Waals surface area contributed by atoms with Crippen LogP contribution in [-0.2, 0) is 9.59 Å². The predicted octanol–water partition coefficient (Wildman–Crippen LogP) is 3.26. The van der Waals surface area contributed by atoms with Crippen molar-refractivity contribution in [1.82, 2.24) is 0 Å². The summed E-state index contributed by atoms with van der Waals surface area (Å²) in [5, 5.41) is 0. The lowest BCUT2D eigenvalue weighted by molar-refractivity contribution is -0.132. The Balaban J connectivity index is 1.76. The highest BCUT2D eigenvalue weighted by Gasteiger charge is 2.62. The third kappa shape index (κ3) is 1.72. The van der Waals surface area contributed by atoms with E-state index in [1.807, 2.05) is 6.08 Å². The van der Waals surface area contributed by atoms with E-state index in [1.165, 1.54) is 0 Å². The Hall–Kier alpha value is -1.71. The van der Waals surface area contributed by atoms with Crippen molar-refractivity contribution >= 4 is 11.6 Å². The van der Waals surface area contributed by atoms with Crippen molar-refractivity contribution in [3.63, 3.8) is 0 Å². The number of allylic oxidation sites excluding steroid dienone is 4. The van der Waals surface area contributed by atoms with Crippen LogP contribution in [0, 0.1) is 28.6 Å². The molecule has 0 saturated heterocycles. The van der Waals surface area contributed by atoms with Crippen LogP contribution >= 0.6 is 0 Å². The molecule has 0 radical (unpaired) electrons. The summed E-state index contributed by atoms with van der Waals surface area (Å²) in [5.74, 6) is 0.251. The smallest absolute Gasteiger partial charge is 0.201 e. The lowest BCUT2D eigenvalue weighted by Crippen LogP contribution is -2.50. The number of hydrogen-bond donors (Lipinski definition) is 1. The molecule has 4 aliphatic carbocycles. The van der Waals surface area contributed by atoms with E-state index in [-0.39, 0.29) is 28.8 Å². The van der Waals surface area contributed by atoms with Crippen molar-refractivity contribution < 1.29 is 14.0 Å². The zero-order valence-electron chi connectivity index (χ0n) is 14.1. The van der Waals surface area contributed by atoms with Crippen molar-refractivity contribution in [3.8, 4) is 0 Å². The number of hydrogen-bond acceptors (Lipinski definition) is 3. The van der Waals surface area contributed by atoms with Gasteiger partial charge in [0, 0.05) is 5.41 Å². The Bertz CT molecular complexity index is 708. The SMILES string of the molecule is C=C[C@]12CC[C@H]3[C@@H](CCC4=C(N)C(=O)C=C[C@@]43C)[C@@H]1C[C@H](F)C2=O. The molecule has 4 aliphatic rings. The molecule has 3 fully saturated rings. The molecule has 0 spiro atoms. The van der Waals surface area contributed by atoms with Gasteiger partial charge in [-0.1, -0.05) is 19.1 Å². The predicted molar refractivity (Wildman–Crippen MR) is 89.6 cm³/mol. The maximum absolute atomic E-state index is 14.3. The van der Waals surface area contributed by atoms with Gasteiger partial charge < -0.3 is 5.73 Å². The maximum Gasteiger partial charge on any atom is 0.201 e. The minimum atomic E-state index is -1.36. The Labute approximate surface area is 141 Å². The molecule has 4 rings (SSSR count). The summed E-state index contributed by atoms with van der Waals surface area (Å²) in [6.07, 6.45) is 7.41. The molecule has 0 unspecified atom stereocenters. The van der Waals surface area contributed by atoms with Gasteiger partial charge in [-0.15, -0.1) is 6.58 Å². The van der Waals surface area contributed by atoms with Gasteiger partial charge in [0.05, 0.1) is 11.1 Å². The highest BCUT2D eigenvalue weighted by Crippen LogP contribution is 2.64. The maximum atomic E-state index is 14.3. The standard InChI is InChI=1S/C20H24FNO2/c1-3-20-9-6-12-11(14(20)10-15(21)18(20)24)4-5-13-17(22)16(23)7-8-19(12,13)2/h3,7-8,11-12,14-15H,1,4-6,9-10,22H2,2H3/t11-,12+,14+,15+,19-,20+/m1/s1. The number of carbonyl (C=O) groups excluding carboxylic acids is 2. The van der Waals surface area contributed by atoms with Gasteiger partial charge in [-0.3, -0.25) is 9.59 Å². The topological polar surface area (TPSA) is 60.2 Å². The quantitative estimate of drug-likeness (QED) is 0.751. The normalized spacial score (nSPS) is 47.2. The van der Waals surface area contributed by atoms with Crippen LogP contribution in [0.2, 0.25) is 0 Å². The van der Waals surface area contributed by atoms with E-state index in [2.05, 4.69) is 13.5 Å². The average Bonchev–Trinajstić information content (AvgIpc) is 2.83. The second kappa shape index (κ2) is 4.90. The highest BCUT2D eigenvalue weighted by molar-refractivity contribution is 6.05. The molecular weight excluding hydrogens is 305 g/mol. The number of ketones is 2. The van der Waals surface area contributed by atoms with Gasteiger partial charge in [-0.25, -0.2) is 4.39 Å². The minimum Gasteiger partial charge on any atom is -0.396 e. The second-order valence-electron chi connectivity index (χ2n) is 8.14. The lowest BCUT2D eigenvalue weighted by Gasteiger charge is -2.55. The molecule has 0 aliphatic heterocycles. The van der Waals surface area contributed by atoms with E-state index in [9.17, 15) is 14.0 Å². The molecule has 0 aromatic carbocycles. The zero-order valence-corrected chi connectivity index (χ0v) is 14.1. The van der Waals surface area contributed by atoms with Gasteiger partial charge in [-0.05, 0) is 61.5 Å². The van der Waals surface area contributed by atoms with E-state index in [0.717, 1.165) is 24.8 Å². The number of fused-ring (bicyclic) bond motifs is 5. The Morgan fingerprint density at radius 1 is 1.33 bits per heavy atom. The fraction of sp³-hybridized carbons (Fsp3) is 0.600. The molecule has 4 heteroatoms. The molecular formula is C20H24FNO2. The molecule has 2 N–H and O–H groups in total. The van der Waals surface area contributed by atoms with Crippen molar-refractivity contribution in [2.45, 2.75) is 45.2 Å². The van der Waals surface area contributed by atoms with Crippen LogP contribution in [0.5, 0.6) is 0 Å². The van der Waals surface area contributed by atoms with Gasteiger partial charge >= 0.3 is 0 Å². The number of nitrogens with two attached hydrogens (primary N) is 1. The molecule has 6 atom stereocenters. The van der Waals surface area contributed by atoms with Crippen molar-refractivity contribution in [1.29, 1.82) is 0 Å². The van der Waals surface area contributed by atoms with Gasteiger partial charge in [0.25, 0.3) is 0 Å². The monoisotopic (exact) mass is 329 g/mol. The van der Waals surface area contributed by atoms with E-state index < -0.39 is 11.6 Å². The summed E-state index contributed by atoms with van der Waals surface area (Å²) in [6, 6.07) is 0. The lowest BCUT2D eigenvalue weighted by atomic mass is 9.48. The van der Waals surface area contributed by atoms with E-state index in [1.54, 1.807) is 12.2 Å². The summed E-state index contributed by atoms with van der Waals surface area (Å²) >= 11 is 0. The fourth-order valence-electron chi connectivity index (χ4n) is 6.21. The van der Waals surface area contributed by atoms with E-state index in [4.69, 9.17) is 5.73 Å². The molecule has 3 nitrogen and oxygen atoms in total. The Kier molecular flexibility index (Phi) is 3.23. The van der Waals surface area contributed by atoms with E-state index in [0.29, 0.717) is 24.5 Å². The van der Waals surface area contributed by atoms with Crippen LogP contribution in [0.1, 0.15) is 39.0 Å². The van der Waals surface area contributed by atoms with Crippen LogP contribution in [0.15, 0.2) is 36.1 Å². The second-order valence-corrected chi connectivity index (χ2v) is 8.14. The van der Waals surface area contributed by atoms with Crippen LogP contribution in [0.4, 0.5) is 4.39 Å². The molecule has 128 valence electrons. The summed E-state index contributed by atoms with van der Waals surface area (Å²) in [4.78, 5) is 24.4. The Morgan fingerprint density at radius 3 is 2.79 bits per heavy atom. The average molecular weight is 329 g/mol. The third-order valence-corrected chi connectivity index (χ3v) is 7.45. The van der Waals surface area contributed by atoms with Gasteiger partial charge in [0.15, 0.2) is 12.0 Å². The largest absolute Gasteiger partial charge is 0.396 e. The van der Waals surface area contributed by atoms with Gasteiger partial charge in [0.2, 0.25) is 5.78 Å². The molecule has 0 bridgehead atoms. The molecule has 0 aromatic rings. The minimum absolute atomic E-state index is 0.0295. The van der Waals surface area contributed by atoms with Crippen molar-refractivity contribution in [2.24, 2.45) is 34.3 Å². The molecule has 0 aromatic heterocycles. The van der Waals surface area contributed by atoms with Crippen molar-refractivity contribution in [3.05, 3.63) is 36.1 Å². The van der Waals surface area contributed by atoms with E-state index >= 15 is 0 Å². The summed E-state index contributed by atoms with van der Waals surface area (Å²) in [7, 11) is 0. The van der Waals surface area contributed by atoms with Crippen LogP contribution in [0.3, 0.4) is 0 Å². The van der Waals surface area contributed by atoms with Crippen LogP contribution < -0.4 is 5.73 Å². The van der Waals surface area contributed by atoms with Gasteiger partial charge in [-0.2, -0.15) is 0 Å². The first-order chi connectivity index (χ1) is 11.3. The molecule has 0 amide bonds. The first-order valence-corrected chi connectivity index (χ1v) is 8.90. The Morgan fingerprint density at radius 2 is 2.08 bits per heavy atom. The van der Waals surface area contributed by atoms with Crippen LogP contribution in [0.25, 0.3) is 0 Å². The summed E-state index contributed by atoms with van der Waals surface area (Å²) in [5.41, 5.74) is 6.60. The van der Waals surface area contributed by atoms with Crippen LogP contribution in [-0.4, -0.2) is 17.7 Å².